The molecule has 1 atom stereocenters. The smallest absolute Gasteiger partial charge is 0.243 e. The minimum Gasteiger partial charge on any atom is -0.376 e. The van der Waals surface area contributed by atoms with E-state index in [1.54, 1.807) is 19.0 Å². The number of carbonyl (C=O) groups is 1. The summed E-state index contributed by atoms with van der Waals surface area (Å²) in [6.45, 7) is 6.21. The Morgan fingerprint density at radius 2 is 2.21 bits per heavy atom. The maximum Gasteiger partial charge on any atom is 0.243 e. The van der Waals surface area contributed by atoms with Gasteiger partial charge in [0.25, 0.3) is 0 Å². The van der Waals surface area contributed by atoms with Gasteiger partial charge in [0.15, 0.2) is 5.96 Å². The molecule has 2 N–H and O–H groups in total. The maximum atomic E-state index is 11.7. The van der Waals surface area contributed by atoms with E-state index in [2.05, 4.69) is 22.2 Å². The summed E-state index contributed by atoms with van der Waals surface area (Å²) in [6.07, 6.45) is 5.56. The number of ether oxygens (including phenoxy) is 1. The predicted molar refractivity (Wildman–Crippen MR) is 114 cm³/mol. The van der Waals surface area contributed by atoms with Crippen molar-refractivity contribution in [2.45, 2.75) is 25.4 Å². The molecular weight excluding hydrogens is 439 g/mol. The van der Waals surface area contributed by atoms with E-state index in [0.717, 1.165) is 44.0 Å². The highest BCUT2D eigenvalue weighted by molar-refractivity contribution is 14.0. The number of hydrogen-bond acceptors (Lipinski definition) is 4. The van der Waals surface area contributed by atoms with E-state index < -0.39 is 0 Å². The molecule has 0 aromatic rings. The van der Waals surface area contributed by atoms with Crippen molar-refractivity contribution in [2.75, 3.05) is 51.8 Å². The quantitative estimate of drug-likeness (QED) is 0.177. The largest absolute Gasteiger partial charge is 0.376 e. The fourth-order valence-corrected chi connectivity index (χ4v) is 2.63. The van der Waals surface area contributed by atoms with Gasteiger partial charge in [0, 0.05) is 45.3 Å². The van der Waals surface area contributed by atoms with Crippen LogP contribution in [0.15, 0.2) is 17.6 Å². The van der Waals surface area contributed by atoms with Crippen LogP contribution in [0.2, 0.25) is 0 Å². The fraction of sp³-hybridized carbons (Fsp3) is 0.750. The van der Waals surface area contributed by atoms with Crippen LogP contribution in [0.1, 0.15) is 19.3 Å². The standard InChI is InChI=1S/C16H30N4O2S.HI/c1-4-10-23-11-8-17-16(19-13-15(21)20(2)3)18-12-14-7-5-6-9-22-14;/h4,14H,1,5-13H2,2-3H3,(H2,17,18,19);1H. The van der Waals surface area contributed by atoms with E-state index in [-0.39, 0.29) is 42.5 Å². The first-order valence-corrected chi connectivity index (χ1v) is 9.31. The highest BCUT2D eigenvalue weighted by Crippen LogP contribution is 2.11. The third kappa shape index (κ3) is 11.1. The average molecular weight is 470 g/mol. The zero-order valence-electron chi connectivity index (χ0n) is 14.8. The van der Waals surface area contributed by atoms with E-state index in [1.807, 2.05) is 17.8 Å². The molecule has 0 bridgehead atoms. The summed E-state index contributed by atoms with van der Waals surface area (Å²) in [6, 6.07) is 0. The second-order valence-corrected chi connectivity index (χ2v) is 6.76. The van der Waals surface area contributed by atoms with Crippen molar-refractivity contribution in [3.8, 4) is 0 Å². The number of amides is 1. The summed E-state index contributed by atoms with van der Waals surface area (Å²) in [5.74, 6) is 2.57. The number of aliphatic imine (C=N–C) groups is 1. The molecule has 1 saturated heterocycles. The van der Waals surface area contributed by atoms with Crippen molar-refractivity contribution in [1.29, 1.82) is 0 Å². The van der Waals surface area contributed by atoms with Gasteiger partial charge in [-0.1, -0.05) is 6.08 Å². The summed E-state index contributed by atoms with van der Waals surface area (Å²) in [7, 11) is 3.47. The minimum atomic E-state index is -0.0129. The Morgan fingerprint density at radius 1 is 1.42 bits per heavy atom. The van der Waals surface area contributed by atoms with Gasteiger partial charge in [-0.15, -0.1) is 30.6 Å². The monoisotopic (exact) mass is 470 g/mol. The Bertz CT molecular complexity index is 388. The van der Waals surface area contributed by atoms with E-state index in [1.165, 1.54) is 6.42 Å². The Balaban J connectivity index is 0.00000529. The fourth-order valence-electron chi connectivity index (χ4n) is 2.05. The van der Waals surface area contributed by atoms with Crippen molar-refractivity contribution >= 4 is 47.6 Å². The molecule has 1 amide bonds. The van der Waals surface area contributed by atoms with Gasteiger partial charge in [0.05, 0.1) is 6.10 Å². The number of rotatable bonds is 9. The molecule has 0 aromatic carbocycles. The van der Waals surface area contributed by atoms with Crippen LogP contribution in [0.3, 0.4) is 0 Å². The zero-order valence-corrected chi connectivity index (χ0v) is 17.9. The van der Waals surface area contributed by atoms with Crippen molar-refractivity contribution in [3.63, 3.8) is 0 Å². The summed E-state index contributed by atoms with van der Waals surface area (Å²) in [5, 5.41) is 6.56. The lowest BCUT2D eigenvalue weighted by Gasteiger charge is -2.24. The number of carbonyl (C=O) groups excluding carboxylic acids is 1. The van der Waals surface area contributed by atoms with Crippen LogP contribution in [-0.4, -0.2) is 74.7 Å². The lowest BCUT2D eigenvalue weighted by atomic mass is 10.1. The van der Waals surface area contributed by atoms with Gasteiger partial charge in [-0.25, -0.2) is 4.99 Å². The second-order valence-electron chi connectivity index (χ2n) is 5.61. The Hall–Kier alpha value is -0.480. The van der Waals surface area contributed by atoms with Crippen LogP contribution in [0, 0.1) is 0 Å². The number of likely N-dealkylation sites (N-methyl/N-ethyl adjacent to an activating group) is 1. The number of nitrogens with zero attached hydrogens (tertiary/aromatic N) is 2. The van der Waals surface area contributed by atoms with Crippen LogP contribution in [0.5, 0.6) is 0 Å². The van der Waals surface area contributed by atoms with E-state index in [4.69, 9.17) is 4.74 Å². The lowest BCUT2D eigenvalue weighted by molar-refractivity contribution is -0.127. The van der Waals surface area contributed by atoms with E-state index in [0.29, 0.717) is 5.96 Å². The van der Waals surface area contributed by atoms with Crippen LogP contribution >= 0.6 is 35.7 Å². The third-order valence-electron chi connectivity index (χ3n) is 3.42. The normalized spacial score (nSPS) is 17.6. The van der Waals surface area contributed by atoms with Gasteiger partial charge in [-0.05, 0) is 19.3 Å². The van der Waals surface area contributed by atoms with E-state index in [9.17, 15) is 4.79 Å². The minimum absolute atomic E-state index is 0. The highest BCUT2D eigenvalue weighted by Gasteiger charge is 2.14. The maximum absolute atomic E-state index is 11.7. The summed E-state index contributed by atoms with van der Waals surface area (Å²) >= 11 is 1.81. The van der Waals surface area contributed by atoms with Gasteiger partial charge >= 0.3 is 0 Å². The first-order chi connectivity index (χ1) is 11.1. The van der Waals surface area contributed by atoms with Crippen LogP contribution in [0.25, 0.3) is 0 Å². The highest BCUT2D eigenvalue weighted by atomic mass is 127. The Labute approximate surface area is 167 Å². The molecule has 1 unspecified atom stereocenters. The van der Waals surface area contributed by atoms with Gasteiger partial charge in [-0.2, -0.15) is 11.8 Å². The first-order valence-electron chi connectivity index (χ1n) is 8.16. The number of hydrogen-bond donors (Lipinski definition) is 2. The van der Waals surface area contributed by atoms with Gasteiger partial charge in [0.1, 0.15) is 6.54 Å². The molecule has 1 rings (SSSR count). The molecule has 0 radical (unpaired) electrons. The molecule has 0 spiro atoms. The third-order valence-corrected chi connectivity index (χ3v) is 4.38. The lowest BCUT2D eigenvalue weighted by Crippen LogP contribution is -2.43. The summed E-state index contributed by atoms with van der Waals surface area (Å²) in [4.78, 5) is 17.6. The van der Waals surface area contributed by atoms with Crippen LogP contribution < -0.4 is 10.6 Å². The zero-order chi connectivity index (χ0) is 16.9. The molecule has 8 heteroatoms. The molecule has 24 heavy (non-hydrogen) atoms. The van der Waals surface area contributed by atoms with E-state index >= 15 is 0 Å². The number of thioether (sulfide) groups is 1. The SMILES string of the molecule is C=CCSCCNC(=NCC(=O)N(C)C)NCC1CCCCO1.I. The second kappa shape index (κ2) is 14.8. The molecular formula is C16H31IN4O2S. The molecule has 1 aliphatic rings. The Kier molecular flexibility index (Phi) is 14.5. The van der Waals surface area contributed by atoms with Crippen molar-refractivity contribution < 1.29 is 9.53 Å². The summed E-state index contributed by atoms with van der Waals surface area (Å²) < 4.78 is 5.71. The molecule has 1 heterocycles. The van der Waals surface area contributed by atoms with Crippen molar-refractivity contribution in [3.05, 3.63) is 12.7 Å². The topological polar surface area (TPSA) is 66.0 Å². The molecule has 1 aliphatic heterocycles. The van der Waals surface area contributed by atoms with Crippen LogP contribution in [-0.2, 0) is 9.53 Å². The van der Waals surface area contributed by atoms with Gasteiger partial charge in [-0.3, -0.25) is 4.79 Å². The summed E-state index contributed by atoms with van der Waals surface area (Å²) in [5.41, 5.74) is 0. The molecule has 0 aromatic heterocycles. The number of halogens is 1. The van der Waals surface area contributed by atoms with Gasteiger partial charge < -0.3 is 20.3 Å². The molecule has 140 valence electrons. The first kappa shape index (κ1) is 23.5. The average Bonchev–Trinajstić information content (AvgIpc) is 2.56. The number of guanidine groups is 1. The number of nitrogens with one attached hydrogen (secondary N) is 2. The molecule has 1 fully saturated rings. The van der Waals surface area contributed by atoms with Gasteiger partial charge in [0.2, 0.25) is 5.91 Å². The molecule has 0 saturated carbocycles. The molecule has 6 nitrogen and oxygen atoms in total. The van der Waals surface area contributed by atoms with Crippen molar-refractivity contribution in [1.82, 2.24) is 15.5 Å². The van der Waals surface area contributed by atoms with Crippen LogP contribution in [0.4, 0.5) is 0 Å². The van der Waals surface area contributed by atoms with Crippen molar-refractivity contribution in [2.24, 2.45) is 4.99 Å². The predicted octanol–water partition coefficient (Wildman–Crippen LogP) is 1.72. The molecule has 0 aliphatic carbocycles. The Morgan fingerprint density at radius 3 is 2.83 bits per heavy atom.